The third-order valence-electron chi connectivity index (χ3n) is 4.44. The van der Waals surface area contributed by atoms with Gasteiger partial charge < -0.3 is 15.1 Å². The molecule has 0 radical (unpaired) electrons. The van der Waals surface area contributed by atoms with Gasteiger partial charge in [0.05, 0.1) is 13.1 Å². The number of carbonyl (C=O) groups is 2. The maximum absolute atomic E-state index is 12.6. The van der Waals surface area contributed by atoms with Crippen molar-refractivity contribution in [3.8, 4) is 0 Å². The van der Waals surface area contributed by atoms with Crippen LogP contribution in [0, 0.1) is 0 Å². The molecule has 1 N–H and O–H groups in total. The zero-order valence-corrected chi connectivity index (χ0v) is 16.5. The predicted molar refractivity (Wildman–Crippen MR) is 105 cm³/mol. The van der Waals surface area contributed by atoms with Crippen LogP contribution < -0.4 is 10.2 Å². The first-order valence-electron chi connectivity index (χ1n) is 9.39. The van der Waals surface area contributed by atoms with Crippen LogP contribution >= 0.6 is 0 Å². The van der Waals surface area contributed by atoms with E-state index in [9.17, 15) is 9.59 Å². The number of benzene rings is 1. The Morgan fingerprint density at radius 2 is 1.65 bits per heavy atom. The number of anilines is 1. The maximum atomic E-state index is 12.6. The topological polar surface area (TPSA) is 55.9 Å². The number of amides is 2. The van der Waals surface area contributed by atoms with Gasteiger partial charge in [0.15, 0.2) is 0 Å². The zero-order valence-electron chi connectivity index (χ0n) is 16.5. The second-order valence-corrected chi connectivity index (χ2v) is 7.80. The van der Waals surface area contributed by atoms with E-state index in [1.54, 1.807) is 0 Å². The molecule has 0 atom stereocenters. The summed E-state index contributed by atoms with van der Waals surface area (Å²) < 4.78 is 0. The summed E-state index contributed by atoms with van der Waals surface area (Å²) >= 11 is 0. The fourth-order valence-electron chi connectivity index (χ4n) is 3.08. The Balaban J connectivity index is 1.81. The molecule has 1 aromatic carbocycles. The molecule has 1 saturated heterocycles. The number of likely N-dealkylation sites (N-methyl/N-ethyl adjacent to an activating group) is 1. The summed E-state index contributed by atoms with van der Waals surface area (Å²) in [5, 5.41) is 2.95. The van der Waals surface area contributed by atoms with E-state index in [2.05, 4.69) is 22.3 Å². The standard InChI is InChI=1S/C20H32N4O2/c1-5-22(15-18(25)21-20(2,3)4)16-19(26)24-13-11-23(12-14-24)17-9-7-6-8-10-17/h6-10H,5,11-16H2,1-4H3,(H,21,25). The van der Waals surface area contributed by atoms with Crippen LogP contribution in [0.3, 0.4) is 0 Å². The fourth-order valence-corrected chi connectivity index (χ4v) is 3.08. The number of rotatable bonds is 6. The molecule has 26 heavy (non-hydrogen) atoms. The molecule has 1 fully saturated rings. The lowest BCUT2D eigenvalue weighted by Gasteiger charge is -2.37. The highest BCUT2D eigenvalue weighted by Gasteiger charge is 2.24. The minimum atomic E-state index is -0.256. The van der Waals surface area contributed by atoms with Crippen molar-refractivity contribution in [3.05, 3.63) is 30.3 Å². The number of nitrogens with one attached hydrogen (secondary N) is 1. The highest BCUT2D eigenvalue weighted by molar-refractivity contribution is 5.81. The molecular weight excluding hydrogens is 328 g/mol. The van der Waals surface area contributed by atoms with Crippen molar-refractivity contribution in [2.24, 2.45) is 0 Å². The molecule has 0 aromatic heterocycles. The van der Waals surface area contributed by atoms with E-state index < -0.39 is 0 Å². The first-order valence-corrected chi connectivity index (χ1v) is 9.39. The highest BCUT2D eigenvalue weighted by atomic mass is 16.2. The van der Waals surface area contributed by atoms with Crippen LogP contribution in [0.15, 0.2) is 30.3 Å². The van der Waals surface area contributed by atoms with Crippen LogP contribution in [-0.2, 0) is 9.59 Å². The van der Waals surface area contributed by atoms with E-state index in [4.69, 9.17) is 0 Å². The van der Waals surface area contributed by atoms with Gasteiger partial charge in [-0.05, 0) is 39.4 Å². The summed E-state index contributed by atoms with van der Waals surface area (Å²) in [6.07, 6.45) is 0. The van der Waals surface area contributed by atoms with Gasteiger partial charge in [-0.25, -0.2) is 0 Å². The molecule has 2 rings (SSSR count). The van der Waals surface area contributed by atoms with Gasteiger partial charge in [0.1, 0.15) is 0 Å². The van der Waals surface area contributed by atoms with Gasteiger partial charge in [0.25, 0.3) is 0 Å². The third-order valence-corrected chi connectivity index (χ3v) is 4.44. The largest absolute Gasteiger partial charge is 0.368 e. The number of nitrogens with zero attached hydrogens (tertiary/aromatic N) is 3. The van der Waals surface area contributed by atoms with Crippen LogP contribution in [-0.4, -0.2) is 73.0 Å². The minimum Gasteiger partial charge on any atom is -0.368 e. The minimum absolute atomic E-state index is 0.0407. The summed E-state index contributed by atoms with van der Waals surface area (Å²) in [5.41, 5.74) is 0.947. The maximum Gasteiger partial charge on any atom is 0.236 e. The Labute approximate surface area is 157 Å². The summed E-state index contributed by atoms with van der Waals surface area (Å²) in [6.45, 7) is 12.2. The van der Waals surface area contributed by atoms with E-state index in [0.717, 1.165) is 26.2 Å². The van der Waals surface area contributed by atoms with Crippen molar-refractivity contribution in [1.82, 2.24) is 15.1 Å². The Bertz CT molecular complexity index is 590. The van der Waals surface area contributed by atoms with Crippen LogP contribution in [0.25, 0.3) is 0 Å². The molecule has 144 valence electrons. The molecule has 1 heterocycles. The Morgan fingerprint density at radius 1 is 1.04 bits per heavy atom. The Kier molecular flexibility index (Phi) is 7.03. The quantitative estimate of drug-likeness (QED) is 0.837. The molecular formula is C20H32N4O2. The van der Waals surface area contributed by atoms with Gasteiger partial charge in [-0.1, -0.05) is 25.1 Å². The number of hydrogen-bond donors (Lipinski definition) is 1. The number of para-hydroxylation sites is 1. The summed E-state index contributed by atoms with van der Waals surface area (Å²) in [7, 11) is 0. The molecule has 1 aliphatic heterocycles. The normalized spacial score (nSPS) is 15.3. The summed E-state index contributed by atoms with van der Waals surface area (Å²) in [5.74, 6) is 0.0594. The van der Waals surface area contributed by atoms with Crippen LogP contribution in [0.2, 0.25) is 0 Å². The van der Waals surface area contributed by atoms with Gasteiger partial charge in [0.2, 0.25) is 11.8 Å². The lowest BCUT2D eigenvalue weighted by Crippen LogP contribution is -2.52. The molecule has 0 saturated carbocycles. The first-order chi connectivity index (χ1) is 12.3. The number of hydrogen-bond acceptors (Lipinski definition) is 4. The Morgan fingerprint density at radius 3 is 2.19 bits per heavy atom. The van der Waals surface area contributed by atoms with Crippen molar-refractivity contribution in [2.75, 3.05) is 50.7 Å². The van der Waals surface area contributed by atoms with Gasteiger partial charge in [-0.15, -0.1) is 0 Å². The van der Waals surface area contributed by atoms with Gasteiger partial charge in [-0.3, -0.25) is 14.5 Å². The molecule has 1 aliphatic rings. The lowest BCUT2D eigenvalue weighted by molar-refractivity contribution is -0.133. The SMILES string of the molecule is CCN(CC(=O)NC(C)(C)C)CC(=O)N1CCN(c2ccccc2)CC1. The Hall–Kier alpha value is -2.08. The number of piperazine rings is 1. The number of carbonyl (C=O) groups excluding carboxylic acids is 2. The molecule has 6 heteroatoms. The van der Waals surface area contributed by atoms with E-state index in [0.29, 0.717) is 13.1 Å². The monoisotopic (exact) mass is 360 g/mol. The van der Waals surface area contributed by atoms with Crippen LogP contribution in [0.4, 0.5) is 5.69 Å². The fraction of sp³-hybridized carbons (Fsp3) is 0.600. The third kappa shape index (κ3) is 6.33. The second kappa shape index (κ2) is 9.03. The van der Waals surface area contributed by atoms with Crippen molar-refractivity contribution in [3.63, 3.8) is 0 Å². The summed E-state index contributed by atoms with van der Waals surface area (Å²) in [6, 6.07) is 10.3. The van der Waals surface area contributed by atoms with Gasteiger partial charge in [-0.2, -0.15) is 0 Å². The molecule has 0 spiro atoms. The van der Waals surface area contributed by atoms with Gasteiger partial charge >= 0.3 is 0 Å². The van der Waals surface area contributed by atoms with Crippen LogP contribution in [0.1, 0.15) is 27.7 Å². The summed E-state index contributed by atoms with van der Waals surface area (Å²) in [4.78, 5) is 30.8. The van der Waals surface area contributed by atoms with Crippen molar-refractivity contribution < 1.29 is 9.59 Å². The first kappa shape index (κ1) is 20.2. The van der Waals surface area contributed by atoms with E-state index in [-0.39, 0.29) is 23.9 Å². The van der Waals surface area contributed by atoms with Crippen LogP contribution in [0.5, 0.6) is 0 Å². The smallest absolute Gasteiger partial charge is 0.236 e. The molecule has 0 aliphatic carbocycles. The lowest BCUT2D eigenvalue weighted by atomic mass is 10.1. The second-order valence-electron chi connectivity index (χ2n) is 7.80. The average molecular weight is 361 g/mol. The van der Waals surface area contributed by atoms with Crippen molar-refractivity contribution >= 4 is 17.5 Å². The molecule has 6 nitrogen and oxygen atoms in total. The van der Waals surface area contributed by atoms with Gasteiger partial charge in [0, 0.05) is 37.4 Å². The van der Waals surface area contributed by atoms with Crippen molar-refractivity contribution in [2.45, 2.75) is 33.2 Å². The van der Waals surface area contributed by atoms with E-state index >= 15 is 0 Å². The van der Waals surface area contributed by atoms with Crippen molar-refractivity contribution in [1.29, 1.82) is 0 Å². The van der Waals surface area contributed by atoms with E-state index in [1.807, 2.05) is 55.7 Å². The van der Waals surface area contributed by atoms with E-state index in [1.165, 1.54) is 5.69 Å². The zero-order chi connectivity index (χ0) is 19.2. The molecule has 2 amide bonds. The highest BCUT2D eigenvalue weighted by Crippen LogP contribution is 2.15. The molecule has 0 unspecified atom stereocenters. The molecule has 0 bridgehead atoms. The molecule has 1 aromatic rings. The predicted octanol–water partition coefficient (Wildman–Crippen LogP) is 1.57. The average Bonchev–Trinajstić information content (AvgIpc) is 2.60.